The van der Waals surface area contributed by atoms with Crippen molar-refractivity contribution in [2.24, 2.45) is 5.73 Å². The highest BCUT2D eigenvalue weighted by Crippen LogP contribution is 2.32. The van der Waals surface area contributed by atoms with Crippen LogP contribution in [-0.4, -0.2) is 102 Å². The summed E-state index contributed by atoms with van der Waals surface area (Å²) in [4.78, 5) is 105. The number of amides is 6. The summed E-state index contributed by atoms with van der Waals surface area (Å²) < 4.78 is 15.4. The van der Waals surface area contributed by atoms with E-state index < -0.39 is 77.7 Å². The summed E-state index contributed by atoms with van der Waals surface area (Å²) in [6.07, 6.45) is 0.564. The molecular weight excluding hydrogens is 740 g/mol. The first kappa shape index (κ1) is 43.7. The number of ether oxygens (including phenoxy) is 3. The normalized spacial score (nSPS) is 18.6. The molecule has 6 amide bonds. The fourth-order valence-corrected chi connectivity index (χ4v) is 6.91. The molecular formula is C40H52N6O11. The molecule has 1 unspecified atom stereocenters. The number of nitrogens with two attached hydrogens (primary N) is 1. The predicted molar refractivity (Wildman–Crippen MR) is 204 cm³/mol. The van der Waals surface area contributed by atoms with Crippen LogP contribution in [0.4, 0.5) is 0 Å². The van der Waals surface area contributed by atoms with E-state index in [2.05, 4.69) is 21.3 Å². The van der Waals surface area contributed by atoms with Gasteiger partial charge >= 0.3 is 11.9 Å². The molecule has 0 bridgehead atoms. The summed E-state index contributed by atoms with van der Waals surface area (Å²) in [5, 5.41) is 11.0. The molecule has 2 heterocycles. The van der Waals surface area contributed by atoms with Crippen molar-refractivity contribution in [1.29, 1.82) is 0 Å². The van der Waals surface area contributed by atoms with Gasteiger partial charge in [-0.3, -0.25) is 28.8 Å². The standard InChI is InChI=1S/C40H52N6O11/c1-4-55-39(53)34(40(54)56-5-2)57-28-17-14-25(15-18-28)22-31(43-24(3)47)36(50)45-30-13-9-12-27-16-20-32(46(27)38(30)52)37(51)44-29(19-21-33(41)48)35(49)42-23-26-10-7-6-8-11-26/h6-8,10-11,14-15,17-18,27,29-32,34H,4-5,9,12-13,16,19-23H2,1-3H3,(H2,41,48)(H,42,49)(H,43,47)(H,44,51)(H,45,50)/t27?,29-,30-,31-,32-/m0/s1. The van der Waals surface area contributed by atoms with Gasteiger partial charge in [-0.1, -0.05) is 42.5 Å². The molecule has 2 aliphatic heterocycles. The van der Waals surface area contributed by atoms with Crippen molar-refractivity contribution in [2.75, 3.05) is 13.2 Å². The SMILES string of the molecule is CCOC(=O)C(Oc1ccc(C[C@H](NC(C)=O)C(=O)N[C@H]2CCCC3CC[C@@H](C(=O)N[C@@H](CCC(N)=O)C(=O)NCc4ccccc4)N3C2=O)cc1)C(=O)OCC. The topological polar surface area (TPSA) is 242 Å². The third-order valence-electron chi connectivity index (χ3n) is 9.64. The molecule has 0 aromatic heterocycles. The molecule has 4 rings (SSSR count). The zero-order chi connectivity index (χ0) is 41.5. The molecule has 6 N–H and O–H groups in total. The number of fused-ring (bicyclic) bond motifs is 1. The number of primary amides is 1. The summed E-state index contributed by atoms with van der Waals surface area (Å²) in [6, 6.07) is 11.0. The van der Waals surface area contributed by atoms with Crippen LogP contribution in [0.1, 0.15) is 76.8 Å². The molecule has 0 aliphatic carbocycles. The molecule has 17 nitrogen and oxygen atoms in total. The van der Waals surface area contributed by atoms with Crippen LogP contribution in [0, 0.1) is 0 Å². The fraction of sp³-hybridized carbons (Fsp3) is 0.500. The van der Waals surface area contributed by atoms with Gasteiger partial charge in [-0.15, -0.1) is 0 Å². The van der Waals surface area contributed by atoms with E-state index in [9.17, 15) is 38.4 Å². The first-order valence-electron chi connectivity index (χ1n) is 19.2. The molecule has 0 spiro atoms. The molecule has 5 atom stereocenters. The lowest BCUT2D eigenvalue weighted by molar-refractivity contribution is -0.166. The number of nitrogens with one attached hydrogen (secondary N) is 4. The number of carbonyl (C=O) groups excluding carboxylic acids is 8. The Morgan fingerprint density at radius 2 is 1.47 bits per heavy atom. The van der Waals surface area contributed by atoms with Crippen LogP contribution in [0.5, 0.6) is 5.75 Å². The molecule has 2 aromatic rings. The van der Waals surface area contributed by atoms with E-state index in [0.29, 0.717) is 37.7 Å². The van der Waals surface area contributed by atoms with Gasteiger partial charge < -0.3 is 46.1 Å². The van der Waals surface area contributed by atoms with Crippen molar-refractivity contribution < 1.29 is 52.6 Å². The quantitative estimate of drug-likeness (QED) is 0.0980. The fourth-order valence-electron chi connectivity index (χ4n) is 6.91. The minimum atomic E-state index is -1.64. The lowest BCUT2D eigenvalue weighted by atomic mass is 10.0. The summed E-state index contributed by atoms with van der Waals surface area (Å²) in [6.45, 7) is 4.70. The molecule has 2 aliphatic rings. The number of hydrogen-bond acceptors (Lipinski definition) is 11. The monoisotopic (exact) mass is 792 g/mol. The Morgan fingerprint density at radius 1 is 0.807 bits per heavy atom. The second kappa shape index (κ2) is 21.3. The van der Waals surface area contributed by atoms with Crippen molar-refractivity contribution in [3.05, 3.63) is 65.7 Å². The average molecular weight is 793 g/mol. The van der Waals surface area contributed by atoms with Crippen molar-refractivity contribution in [2.45, 2.75) is 115 Å². The summed E-state index contributed by atoms with van der Waals surface area (Å²) in [5.41, 5.74) is 6.78. The van der Waals surface area contributed by atoms with E-state index in [0.717, 1.165) is 5.56 Å². The van der Waals surface area contributed by atoms with Gasteiger partial charge in [0.1, 0.15) is 29.9 Å². The molecule has 2 aromatic carbocycles. The van der Waals surface area contributed by atoms with E-state index in [1.807, 2.05) is 30.3 Å². The molecule has 0 radical (unpaired) electrons. The van der Waals surface area contributed by atoms with E-state index >= 15 is 0 Å². The molecule has 0 saturated carbocycles. The first-order valence-corrected chi connectivity index (χ1v) is 19.2. The smallest absolute Gasteiger partial charge is 0.359 e. The molecule has 2 saturated heterocycles. The summed E-state index contributed by atoms with van der Waals surface area (Å²) >= 11 is 0. The maximum Gasteiger partial charge on any atom is 0.359 e. The highest BCUT2D eigenvalue weighted by Gasteiger charge is 2.45. The minimum absolute atomic E-state index is 0.0161. The van der Waals surface area contributed by atoms with E-state index in [-0.39, 0.29) is 50.8 Å². The van der Waals surface area contributed by atoms with E-state index in [1.165, 1.54) is 24.0 Å². The highest BCUT2D eigenvalue weighted by molar-refractivity contribution is 5.98. The van der Waals surface area contributed by atoms with Crippen molar-refractivity contribution in [3.63, 3.8) is 0 Å². The van der Waals surface area contributed by atoms with Crippen LogP contribution in [-0.2, 0) is 60.8 Å². The Labute approximate surface area is 331 Å². The molecule has 57 heavy (non-hydrogen) atoms. The van der Waals surface area contributed by atoms with Crippen LogP contribution in [0.3, 0.4) is 0 Å². The summed E-state index contributed by atoms with van der Waals surface area (Å²) in [5.74, 6) is -4.90. The lowest BCUT2D eigenvalue weighted by Gasteiger charge is -2.32. The number of rotatable bonds is 19. The van der Waals surface area contributed by atoms with Gasteiger partial charge in [-0.05, 0) is 75.6 Å². The van der Waals surface area contributed by atoms with Gasteiger partial charge in [0.15, 0.2) is 0 Å². The van der Waals surface area contributed by atoms with E-state index in [1.54, 1.807) is 26.0 Å². The number of esters is 2. The Morgan fingerprint density at radius 3 is 2.09 bits per heavy atom. The Hall–Kier alpha value is -6.00. The van der Waals surface area contributed by atoms with Crippen LogP contribution < -0.4 is 31.7 Å². The van der Waals surface area contributed by atoms with Gasteiger partial charge in [0.05, 0.1) is 13.2 Å². The largest absolute Gasteiger partial charge is 0.467 e. The van der Waals surface area contributed by atoms with Gasteiger partial charge in [0.25, 0.3) is 6.10 Å². The van der Waals surface area contributed by atoms with Crippen molar-refractivity contribution in [3.8, 4) is 5.75 Å². The second-order valence-corrected chi connectivity index (χ2v) is 13.9. The third-order valence-corrected chi connectivity index (χ3v) is 9.64. The second-order valence-electron chi connectivity index (χ2n) is 13.9. The summed E-state index contributed by atoms with van der Waals surface area (Å²) in [7, 11) is 0. The zero-order valence-corrected chi connectivity index (χ0v) is 32.5. The average Bonchev–Trinajstić information content (AvgIpc) is 3.55. The Kier molecular flexibility index (Phi) is 16.4. The van der Waals surface area contributed by atoms with Crippen LogP contribution >= 0.6 is 0 Å². The van der Waals surface area contributed by atoms with Gasteiger partial charge in [0, 0.05) is 32.4 Å². The van der Waals surface area contributed by atoms with Crippen LogP contribution in [0.2, 0.25) is 0 Å². The van der Waals surface area contributed by atoms with Crippen molar-refractivity contribution in [1.82, 2.24) is 26.2 Å². The number of carbonyl (C=O) groups is 8. The van der Waals surface area contributed by atoms with Gasteiger partial charge in [0.2, 0.25) is 35.4 Å². The van der Waals surface area contributed by atoms with Crippen LogP contribution in [0.25, 0.3) is 0 Å². The maximum absolute atomic E-state index is 14.1. The van der Waals surface area contributed by atoms with Gasteiger partial charge in [-0.25, -0.2) is 9.59 Å². The molecule has 17 heteroatoms. The van der Waals surface area contributed by atoms with E-state index in [4.69, 9.17) is 19.9 Å². The maximum atomic E-state index is 14.1. The van der Waals surface area contributed by atoms with Crippen molar-refractivity contribution >= 4 is 47.4 Å². The number of hydrogen-bond donors (Lipinski definition) is 5. The zero-order valence-electron chi connectivity index (χ0n) is 32.5. The predicted octanol–water partition coefficient (Wildman–Crippen LogP) is 0.702. The first-order chi connectivity index (χ1) is 27.3. The molecule has 308 valence electrons. The number of benzene rings is 2. The molecule has 2 fully saturated rings. The highest BCUT2D eigenvalue weighted by atomic mass is 16.6. The Bertz CT molecular complexity index is 1740. The third kappa shape index (κ3) is 12.8. The lowest BCUT2D eigenvalue weighted by Crippen LogP contribution is -2.58. The van der Waals surface area contributed by atoms with Crippen LogP contribution in [0.15, 0.2) is 54.6 Å². The number of nitrogens with zero attached hydrogens (tertiary/aromatic N) is 1. The minimum Gasteiger partial charge on any atom is -0.467 e. The van der Waals surface area contributed by atoms with Gasteiger partial charge in [-0.2, -0.15) is 0 Å². The Balaban J connectivity index is 1.43.